The Morgan fingerprint density at radius 2 is 2.38 bits per heavy atom. The van der Waals surface area contributed by atoms with Crippen LogP contribution < -0.4 is 5.32 Å². The zero-order chi connectivity index (χ0) is 9.68. The molecule has 0 aliphatic heterocycles. The fourth-order valence-corrected chi connectivity index (χ4v) is 0.862. The third-order valence-electron chi connectivity index (χ3n) is 1.82. The van der Waals surface area contributed by atoms with Gasteiger partial charge in [-0.1, -0.05) is 5.16 Å². The van der Waals surface area contributed by atoms with E-state index in [0.717, 1.165) is 0 Å². The first-order valence-corrected chi connectivity index (χ1v) is 4.26. The number of nitrogens with one attached hydrogen (secondary N) is 1. The first-order valence-electron chi connectivity index (χ1n) is 4.26. The van der Waals surface area contributed by atoms with Crippen molar-refractivity contribution < 1.29 is 9.26 Å². The molecule has 1 unspecified atom stereocenters. The molecule has 0 aliphatic rings. The fraction of sp³-hybridized carbons (Fsp3) is 0.750. The highest BCUT2D eigenvalue weighted by Crippen LogP contribution is 2.08. The topological polar surface area (TPSA) is 60.2 Å². The summed E-state index contributed by atoms with van der Waals surface area (Å²) >= 11 is 0. The van der Waals surface area contributed by atoms with E-state index in [1.807, 2.05) is 14.0 Å². The molecule has 0 spiro atoms. The van der Waals surface area contributed by atoms with Crippen molar-refractivity contribution in [2.75, 3.05) is 20.8 Å². The summed E-state index contributed by atoms with van der Waals surface area (Å²) in [5.41, 5.74) is 0. The maximum atomic E-state index is 5.04. The van der Waals surface area contributed by atoms with E-state index in [2.05, 4.69) is 15.5 Å². The Morgan fingerprint density at radius 3 is 3.00 bits per heavy atom. The molecular weight excluding hydrogens is 170 g/mol. The fourth-order valence-electron chi connectivity index (χ4n) is 0.862. The van der Waals surface area contributed by atoms with Gasteiger partial charge in [0.25, 0.3) is 0 Å². The van der Waals surface area contributed by atoms with Crippen LogP contribution >= 0.6 is 0 Å². The van der Waals surface area contributed by atoms with E-state index in [1.54, 1.807) is 7.11 Å². The highest BCUT2D eigenvalue weighted by atomic mass is 16.5. The van der Waals surface area contributed by atoms with Crippen molar-refractivity contribution in [1.82, 2.24) is 15.5 Å². The van der Waals surface area contributed by atoms with Crippen LogP contribution in [0.3, 0.4) is 0 Å². The predicted molar refractivity (Wildman–Crippen MR) is 47.4 cm³/mol. The molecule has 0 amide bonds. The van der Waals surface area contributed by atoms with Crippen LogP contribution in [0.1, 0.15) is 24.7 Å². The number of rotatable bonds is 5. The number of aromatic nitrogens is 2. The van der Waals surface area contributed by atoms with Crippen molar-refractivity contribution in [2.45, 2.75) is 19.4 Å². The normalized spacial score (nSPS) is 13.2. The van der Waals surface area contributed by atoms with Crippen LogP contribution in [-0.2, 0) is 11.2 Å². The lowest BCUT2D eigenvalue weighted by molar-refractivity contribution is 0.199. The van der Waals surface area contributed by atoms with Gasteiger partial charge in [0.05, 0.1) is 12.6 Å². The molecule has 74 valence electrons. The largest absolute Gasteiger partial charge is 0.384 e. The number of hydrogen-bond acceptors (Lipinski definition) is 5. The van der Waals surface area contributed by atoms with Gasteiger partial charge in [-0.05, 0) is 14.0 Å². The molecule has 1 N–H and O–H groups in total. The average molecular weight is 185 g/mol. The standard InChI is InChI=1S/C8H15N3O2/c1-6(9-2)8-10-7(11-13-8)4-5-12-3/h6,9H,4-5H2,1-3H3. The summed E-state index contributed by atoms with van der Waals surface area (Å²) in [6, 6.07) is 0.101. The Labute approximate surface area is 77.5 Å². The number of ether oxygens (including phenoxy) is 1. The molecule has 0 bridgehead atoms. The van der Waals surface area contributed by atoms with E-state index in [9.17, 15) is 0 Å². The van der Waals surface area contributed by atoms with Crippen molar-refractivity contribution >= 4 is 0 Å². The van der Waals surface area contributed by atoms with Crippen LogP contribution in [0, 0.1) is 0 Å². The number of hydrogen-bond donors (Lipinski definition) is 1. The van der Waals surface area contributed by atoms with Gasteiger partial charge in [-0.25, -0.2) is 0 Å². The Morgan fingerprint density at radius 1 is 1.62 bits per heavy atom. The van der Waals surface area contributed by atoms with Crippen LogP contribution in [0.2, 0.25) is 0 Å². The third-order valence-corrected chi connectivity index (χ3v) is 1.82. The smallest absolute Gasteiger partial charge is 0.243 e. The van der Waals surface area contributed by atoms with Gasteiger partial charge in [0, 0.05) is 13.5 Å². The number of nitrogens with zero attached hydrogens (tertiary/aromatic N) is 2. The van der Waals surface area contributed by atoms with Gasteiger partial charge in [0.2, 0.25) is 5.89 Å². The molecule has 0 saturated heterocycles. The Bertz CT molecular complexity index is 249. The Hall–Kier alpha value is -0.940. The predicted octanol–water partition coefficient (Wildman–Crippen LogP) is 0.539. The van der Waals surface area contributed by atoms with Gasteiger partial charge in [-0.15, -0.1) is 0 Å². The minimum Gasteiger partial charge on any atom is -0.384 e. The van der Waals surface area contributed by atoms with E-state index >= 15 is 0 Å². The first kappa shape index (κ1) is 10.1. The summed E-state index contributed by atoms with van der Waals surface area (Å²) in [6.07, 6.45) is 0.691. The highest BCUT2D eigenvalue weighted by molar-refractivity contribution is 4.90. The molecule has 13 heavy (non-hydrogen) atoms. The van der Waals surface area contributed by atoms with Gasteiger partial charge in [0.1, 0.15) is 0 Å². The van der Waals surface area contributed by atoms with E-state index in [1.165, 1.54) is 0 Å². The van der Waals surface area contributed by atoms with Crippen molar-refractivity contribution in [2.24, 2.45) is 0 Å². The van der Waals surface area contributed by atoms with Crippen molar-refractivity contribution in [3.05, 3.63) is 11.7 Å². The van der Waals surface area contributed by atoms with E-state index < -0.39 is 0 Å². The van der Waals surface area contributed by atoms with Gasteiger partial charge >= 0.3 is 0 Å². The lowest BCUT2D eigenvalue weighted by atomic mass is 10.3. The maximum absolute atomic E-state index is 5.04. The van der Waals surface area contributed by atoms with Crippen molar-refractivity contribution in [3.8, 4) is 0 Å². The quantitative estimate of drug-likeness (QED) is 0.725. The molecule has 0 fully saturated rings. The van der Waals surface area contributed by atoms with Crippen molar-refractivity contribution in [3.63, 3.8) is 0 Å². The van der Waals surface area contributed by atoms with E-state index in [0.29, 0.717) is 24.7 Å². The van der Waals surface area contributed by atoms with E-state index in [-0.39, 0.29) is 6.04 Å². The summed E-state index contributed by atoms with van der Waals surface area (Å²) in [5.74, 6) is 1.31. The molecule has 1 atom stereocenters. The summed E-state index contributed by atoms with van der Waals surface area (Å²) in [5, 5.41) is 6.84. The van der Waals surface area contributed by atoms with Crippen molar-refractivity contribution in [1.29, 1.82) is 0 Å². The first-order chi connectivity index (χ1) is 6.27. The van der Waals surface area contributed by atoms with Gasteiger partial charge in [-0.3, -0.25) is 0 Å². The Kier molecular flexibility index (Phi) is 3.85. The average Bonchev–Trinajstić information content (AvgIpc) is 2.62. The molecule has 5 nitrogen and oxygen atoms in total. The zero-order valence-electron chi connectivity index (χ0n) is 8.20. The van der Waals surface area contributed by atoms with Crippen LogP contribution in [0.4, 0.5) is 0 Å². The van der Waals surface area contributed by atoms with Gasteiger partial charge < -0.3 is 14.6 Å². The molecule has 5 heteroatoms. The molecule has 0 aromatic carbocycles. The molecule has 1 aromatic heterocycles. The minimum atomic E-state index is 0.101. The van der Waals surface area contributed by atoms with Gasteiger partial charge in [-0.2, -0.15) is 4.98 Å². The summed E-state index contributed by atoms with van der Waals surface area (Å²) in [6.45, 7) is 2.58. The van der Waals surface area contributed by atoms with Crippen LogP contribution in [0.25, 0.3) is 0 Å². The molecule has 0 aliphatic carbocycles. The lowest BCUT2D eigenvalue weighted by Crippen LogP contribution is -2.12. The van der Waals surface area contributed by atoms with Crippen LogP contribution in [0.5, 0.6) is 0 Å². The van der Waals surface area contributed by atoms with Gasteiger partial charge in [0.15, 0.2) is 5.82 Å². The van der Waals surface area contributed by atoms with E-state index in [4.69, 9.17) is 9.26 Å². The second kappa shape index (κ2) is 4.94. The highest BCUT2D eigenvalue weighted by Gasteiger charge is 2.11. The lowest BCUT2D eigenvalue weighted by Gasteiger charge is -2.01. The monoisotopic (exact) mass is 185 g/mol. The van der Waals surface area contributed by atoms with Crippen LogP contribution in [-0.4, -0.2) is 30.9 Å². The molecule has 0 saturated carbocycles. The number of methoxy groups -OCH3 is 1. The maximum Gasteiger partial charge on any atom is 0.243 e. The summed E-state index contributed by atoms with van der Waals surface area (Å²) < 4.78 is 9.94. The minimum absolute atomic E-state index is 0.101. The zero-order valence-corrected chi connectivity index (χ0v) is 8.20. The molecule has 0 radical (unpaired) electrons. The second-order valence-corrected chi connectivity index (χ2v) is 2.80. The van der Waals surface area contributed by atoms with Crippen LogP contribution in [0.15, 0.2) is 4.52 Å². The summed E-state index contributed by atoms with van der Waals surface area (Å²) in [4.78, 5) is 4.20. The third kappa shape index (κ3) is 2.78. The second-order valence-electron chi connectivity index (χ2n) is 2.80. The summed E-state index contributed by atoms with van der Waals surface area (Å²) in [7, 11) is 3.50. The SMILES string of the molecule is CNC(C)c1nc(CCOC)no1. The molecule has 1 aromatic rings. The molecule has 1 heterocycles. The molecule has 1 rings (SSSR count). The molecular formula is C8H15N3O2. The Balaban J connectivity index is 2.53.